The summed E-state index contributed by atoms with van der Waals surface area (Å²) in [5.41, 5.74) is 4.03. The minimum absolute atomic E-state index is 0. The fourth-order valence-electron chi connectivity index (χ4n) is 1.33. The third kappa shape index (κ3) is 3.37. The van der Waals surface area contributed by atoms with Gasteiger partial charge in [0.1, 0.15) is 6.04 Å². The minimum atomic E-state index is -4.26. The second-order valence-corrected chi connectivity index (χ2v) is 3.59. The zero-order valence-corrected chi connectivity index (χ0v) is 10.9. The van der Waals surface area contributed by atoms with Crippen LogP contribution in [0.4, 0.5) is 22.0 Å². The van der Waals surface area contributed by atoms with E-state index in [9.17, 15) is 26.7 Å². The molecule has 0 saturated carbocycles. The number of carbonyl (C=O) groups is 1. The molecule has 0 spiro atoms. The first-order chi connectivity index (χ1) is 8.73. The molecule has 9 heteroatoms. The average Bonchev–Trinajstić information content (AvgIpc) is 2.35. The predicted molar refractivity (Wildman–Crippen MR) is 62.1 cm³/mol. The van der Waals surface area contributed by atoms with Gasteiger partial charge in [0.2, 0.25) is 0 Å². The molecule has 0 aromatic heterocycles. The monoisotopic (exact) mass is 319 g/mol. The highest BCUT2D eigenvalue weighted by Gasteiger charge is 2.49. The Labute approximate surface area is 117 Å². The molecule has 1 aromatic carbocycles. The van der Waals surface area contributed by atoms with E-state index in [1.54, 1.807) is 0 Å². The number of esters is 1. The van der Waals surface area contributed by atoms with Gasteiger partial charge in [0.05, 0.1) is 6.61 Å². The summed E-state index contributed by atoms with van der Waals surface area (Å²) in [5, 5.41) is 0. The van der Waals surface area contributed by atoms with Crippen LogP contribution < -0.4 is 5.73 Å². The molecule has 0 radical (unpaired) electrons. The molecule has 0 amide bonds. The van der Waals surface area contributed by atoms with E-state index >= 15 is 0 Å². The SMILES string of the molecule is CCOC(=O)C(F)(F)[C@@H](N)c1ccc(F)c(F)c1F.Cl. The summed E-state index contributed by atoms with van der Waals surface area (Å²) in [7, 11) is 0. The number of hydrogen-bond donors (Lipinski definition) is 1. The van der Waals surface area contributed by atoms with Crippen molar-refractivity contribution in [2.45, 2.75) is 18.9 Å². The lowest BCUT2D eigenvalue weighted by molar-refractivity contribution is -0.174. The van der Waals surface area contributed by atoms with Gasteiger partial charge in [-0.2, -0.15) is 8.78 Å². The molecule has 0 fully saturated rings. The van der Waals surface area contributed by atoms with Crippen LogP contribution in [0.3, 0.4) is 0 Å². The Morgan fingerprint density at radius 3 is 2.35 bits per heavy atom. The molecular formula is C11H11ClF5NO2. The first kappa shape index (κ1) is 18.6. The van der Waals surface area contributed by atoms with E-state index < -0.39 is 40.9 Å². The van der Waals surface area contributed by atoms with E-state index in [2.05, 4.69) is 4.74 Å². The Morgan fingerprint density at radius 1 is 1.30 bits per heavy atom. The van der Waals surface area contributed by atoms with Crippen LogP contribution in [0.5, 0.6) is 0 Å². The number of ether oxygens (including phenoxy) is 1. The van der Waals surface area contributed by atoms with Gasteiger partial charge in [0.15, 0.2) is 17.5 Å². The first-order valence-electron chi connectivity index (χ1n) is 5.17. The maximum atomic E-state index is 13.5. The molecule has 114 valence electrons. The zero-order chi connectivity index (χ0) is 14.8. The molecule has 1 atom stereocenters. The van der Waals surface area contributed by atoms with Crippen LogP contribution in [0.15, 0.2) is 12.1 Å². The summed E-state index contributed by atoms with van der Waals surface area (Å²) in [4.78, 5) is 11.0. The highest BCUT2D eigenvalue weighted by Crippen LogP contribution is 2.33. The third-order valence-corrected chi connectivity index (χ3v) is 2.34. The summed E-state index contributed by atoms with van der Waals surface area (Å²) in [5.74, 6) is -11.6. The van der Waals surface area contributed by atoms with Crippen LogP contribution >= 0.6 is 12.4 Å². The van der Waals surface area contributed by atoms with Crippen LogP contribution in [-0.2, 0) is 9.53 Å². The van der Waals surface area contributed by atoms with Crippen molar-refractivity contribution in [1.29, 1.82) is 0 Å². The molecule has 0 saturated heterocycles. The largest absolute Gasteiger partial charge is 0.462 e. The Bertz CT molecular complexity index is 498. The first-order valence-corrected chi connectivity index (χ1v) is 5.17. The van der Waals surface area contributed by atoms with E-state index in [0.717, 1.165) is 0 Å². The van der Waals surface area contributed by atoms with Crippen molar-refractivity contribution in [3.05, 3.63) is 35.1 Å². The topological polar surface area (TPSA) is 52.3 Å². The molecule has 1 rings (SSSR count). The lowest BCUT2D eigenvalue weighted by Crippen LogP contribution is -2.42. The Balaban J connectivity index is 0.00000361. The van der Waals surface area contributed by atoms with Crippen molar-refractivity contribution >= 4 is 18.4 Å². The summed E-state index contributed by atoms with van der Waals surface area (Å²) in [6.45, 7) is 0.957. The van der Waals surface area contributed by atoms with Crippen LogP contribution in [0.25, 0.3) is 0 Å². The maximum Gasteiger partial charge on any atom is 0.379 e. The van der Waals surface area contributed by atoms with E-state index in [1.807, 2.05) is 0 Å². The molecule has 2 N–H and O–H groups in total. The second-order valence-electron chi connectivity index (χ2n) is 3.59. The molecular weight excluding hydrogens is 309 g/mol. The number of carbonyl (C=O) groups excluding carboxylic acids is 1. The Morgan fingerprint density at radius 2 is 1.85 bits per heavy atom. The van der Waals surface area contributed by atoms with Crippen LogP contribution in [0, 0.1) is 17.5 Å². The number of hydrogen-bond acceptors (Lipinski definition) is 3. The fraction of sp³-hybridized carbons (Fsp3) is 0.364. The van der Waals surface area contributed by atoms with E-state index in [-0.39, 0.29) is 19.0 Å². The highest BCUT2D eigenvalue weighted by atomic mass is 35.5. The average molecular weight is 320 g/mol. The number of rotatable bonds is 4. The molecule has 0 heterocycles. The number of alkyl halides is 2. The summed E-state index contributed by atoms with van der Waals surface area (Å²) >= 11 is 0. The lowest BCUT2D eigenvalue weighted by atomic mass is 10.0. The Kier molecular flexibility index (Phi) is 6.36. The normalized spacial score (nSPS) is 12.6. The summed E-state index contributed by atoms with van der Waals surface area (Å²) in [6.07, 6.45) is 0. The second kappa shape index (κ2) is 6.85. The van der Waals surface area contributed by atoms with Crippen molar-refractivity contribution in [1.82, 2.24) is 0 Å². The van der Waals surface area contributed by atoms with Gasteiger partial charge >= 0.3 is 11.9 Å². The van der Waals surface area contributed by atoms with E-state index in [0.29, 0.717) is 12.1 Å². The fourth-order valence-corrected chi connectivity index (χ4v) is 1.33. The molecule has 20 heavy (non-hydrogen) atoms. The van der Waals surface area contributed by atoms with Gasteiger partial charge in [-0.05, 0) is 13.0 Å². The minimum Gasteiger partial charge on any atom is -0.462 e. The summed E-state index contributed by atoms with van der Waals surface area (Å²) in [6, 6.07) is -1.50. The lowest BCUT2D eigenvalue weighted by Gasteiger charge is -2.22. The molecule has 0 aliphatic rings. The smallest absolute Gasteiger partial charge is 0.379 e. The van der Waals surface area contributed by atoms with E-state index in [4.69, 9.17) is 5.73 Å². The van der Waals surface area contributed by atoms with Gasteiger partial charge in [0.25, 0.3) is 0 Å². The molecule has 3 nitrogen and oxygen atoms in total. The predicted octanol–water partition coefficient (Wildman–Crippen LogP) is 2.72. The highest BCUT2D eigenvalue weighted by molar-refractivity contribution is 5.85. The quantitative estimate of drug-likeness (QED) is 0.527. The van der Waals surface area contributed by atoms with Gasteiger partial charge in [-0.3, -0.25) is 0 Å². The number of benzene rings is 1. The van der Waals surface area contributed by atoms with Crippen LogP contribution in [-0.4, -0.2) is 18.5 Å². The molecule has 0 unspecified atom stereocenters. The number of halogens is 6. The van der Waals surface area contributed by atoms with Crippen molar-refractivity contribution in [2.24, 2.45) is 5.73 Å². The van der Waals surface area contributed by atoms with Crippen LogP contribution in [0.2, 0.25) is 0 Å². The zero-order valence-electron chi connectivity index (χ0n) is 10.1. The maximum absolute atomic E-state index is 13.5. The van der Waals surface area contributed by atoms with Crippen molar-refractivity contribution in [3.8, 4) is 0 Å². The number of nitrogens with two attached hydrogens (primary N) is 1. The van der Waals surface area contributed by atoms with E-state index in [1.165, 1.54) is 6.92 Å². The van der Waals surface area contributed by atoms with Gasteiger partial charge in [-0.1, -0.05) is 6.07 Å². The summed E-state index contributed by atoms with van der Waals surface area (Å²) < 4.78 is 70.0. The third-order valence-electron chi connectivity index (χ3n) is 2.34. The van der Waals surface area contributed by atoms with Gasteiger partial charge in [-0.15, -0.1) is 12.4 Å². The molecule has 0 bridgehead atoms. The molecule has 0 aliphatic heterocycles. The van der Waals surface area contributed by atoms with Gasteiger partial charge < -0.3 is 10.5 Å². The standard InChI is InChI=1S/C11H10F5NO2.ClH/c1-2-19-10(18)11(15,16)9(17)5-3-4-6(12)8(14)7(5)13;/h3-4,9H,2,17H2,1H3;1H/t9-;/m0./s1. The van der Waals surface area contributed by atoms with Crippen molar-refractivity contribution < 1.29 is 31.5 Å². The molecule has 1 aromatic rings. The van der Waals surface area contributed by atoms with Crippen molar-refractivity contribution in [2.75, 3.05) is 6.61 Å². The van der Waals surface area contributed by atoms with Crippen LogP contribution in [0.1, 0.15) is 18.5 Å². The molecule has 0 aliphatic carbocycles. The van der Waals surface area contributed by atoms with Gasteiger partial charge in [-0.25, -0.2) is 18.0 Å². The Hall–Kier alpha value is -1.41. The van der Waals surface area contributed by atoms with Gasteiger partial charge in [0, 0.05) is 5.56 Å². The van der Waals surface area contributed by atoms with Crippen molar-refractivity contribution in [3.63, 3.8) is 0 Å².